The first-order valence-electron chi connectivity index (χ1n) is 9.30. The Morgan fingerprint density at radius 2 is 1.79 bits per heavy atom. The van der Waals surface area contributed by atoms with Crippen LogP contribution in [-0.2, 0) is 0 Å². The second-order valence-electron chi connectivity index (χ2n) is 7.14. The van der Waals surface area contributed by atoms with Crippen molar-refractivity contribution in [1.29, 1.82) is 0 Å². The van der Waals surface area contributed by atoms with Gasteiger partial charge < -0.3 is 0 Å². The lowest BCUT2D eigenvalue weighted by atomic mass is 9.91. The highest BCUT2D eigenvalue weighted by atomic mass is 15.2. The highest BCUT2D eigenvalue weighted by Gasteiger charge is 2.26. The Morgan fingerprint density at radius 3 is 2.42 bits per heavy atom. The third-order valence-corrected chi connectivity index (χ3v) is 5.17. The van der Waals surface area contributed by atoms with E-state index in [1.54, 1.807) is 0 Å². The molecule has 0 amide bonds. The minimum Gasteiger partial charge on any atom is -0.296 e. The molecule has 2 aromatic rings. The topological polar surface area (TPSA) is 29.0 Å². The molecule has 1 aromatic heterocycles. The number of likely N-dealkylation sites (tertiary alicyclic amines) is 1. The molecule has 3 nitrogen and oxygen atoms in total. The zero-order valence-electron chi connectivity index (χ0n) is 15.2. The van der Waals surface area contributed by atoms with E-state index >= 15 is 0 Å². The van der Waals surface area contributed by atoms with Gasteiger partial charge in [-0.1, -0.05) is 51.1 Å². The smallest absolute Gasteiger partial charge is 0.131 e. The second kappa shape index (κ2) is 7.89. The number of piperidine rings is 1. The molecule has 0 spiro atoms. The van der Waals surface area contributed by atoms with Crippen molar-refractivity contribution in [1.82, 2.24) is 14.9 Å². The summed E-state index contributed by atoms with van der Waals surface area (Å²) in [6.07, 6.45) is 5.48. The molecular formula is C21H29N3. The van der Waals surface area contributed by atoms with Crippen LogP contribution >= 0.6 is 0 Å². The van der Waals surface area contributed by atoms with E-state index in [0.29, 0.717) is 17.9 Å². The van der Waals surface area contributed by atoms with E-state index in [1.807, 2.05) is 6.20 Å². The molecule has 1 aliphatic heterocycles. The molecule has 1 unspecified atom stereocenters. The Balaban J connectivity index is 1.66. The summed E-state index contributed by atoms with van der Waals surface area (Å²) in [6.45, 7) is 8.92. The Hall–Kier alpha value is -1.74. The standard InChI is InChI=1S/C21H29N3/c1-4-20(18-8-6-5-7-9-18)24-14-11-17(12-15-24)19-10-13-22-21(23-19)16(2)3/h5-10,13,16-17,20H,4,11-12,14-15H2,1-3H3. The van der Waals surface area contributed by atoms with E-state index in [9.17, 15) is 0 Å². The first-order chi connectivity index (χ1) is 11.7. The van der Waals surface area contributed by atoms with Gasteiger partial charge in [0.2, 0.25) is 0 Å². The van der Waals surface area contributed by atoms with Crippen LogP contribution in [0.15, 0.2) is 42.6 Å². The average Bonchev–Trinajstić information content (AvgIpc) is 2.64. The van der Waals surface area contributed by atoms with Gasteiger partial charge in [-0.15, -0.1) is 0 Å². The largest absolute Gasteiger partial charge is 0.296 e. The molecule has 3 rings (SSSR count). The first kappa shape index (κ1) is 17.1. The van der Waals surface area contributed by atoms with Gasteiger partial charge in [-0.2, -0.15) is 0 Å². The van der Waals surface area contributed by atoms with Crippen LogP contribution in [0.5, 0.6) is 0 Å². The normalized spacial score (nSPS) is 18.0. The zero-order chi connectivity index (χ0) is 16.9. The summed E-state index contributed by atoms with van der Waals surface area (Å²) < 4.78 is 0. The molecule has 2 heterocycles. The lowest BCUT2D eigenvalue weighted by Crippen LogP contribution is -2.36. The predicted octanol–water partition coefficient (Wildman–Crippen LogP) is 4.93. The average molecular weight is 323 g/mol. The number of aromatic nitrogens is 2. The van der Waals surface area contributed by atoms with Crippen LogP contribution in [0.4, 0.5) is 0 Å². The van der Waals surface area contributed by atoms with Crippen molar-refractivity contribution in [3.05, 3.63) is 59.7 Å². The lowest BCUT2D eigenvalue weighted by molar-refractivity contribution is 0.147. The van der Waals surface area contributed by atoms with Crippen molar-refractivity contribution in [2.75, 3.05) is 13.1 Å². The second-order valence-corrected chi connectivity index (χ2v) is 7.14. The Labute approximate surface area is 146 Å². The van der Waals surface area contributed by atoms with Crippen LogP contribution in [0, 0.1) is 0 Å². The van der Waals surface area contributed by atoms with Crippen LogP contribution in [0.2, 0.25) is 0 Å². The molecule has 0 aliphatic carbocycles. The van der Waals surface area contributed by atoms with Crippen molar-refractivity contribution in [3.63, 3.8) is 0 Å². The number of rotatable bonds is 5. The molecule has 1 atom stereocenters. The maximum atomic E-state index is 4.81. The van der Waals surface area contributed by atoms with Crippen LogP contribution in [0.1, 0.15) is 75.0 Å². The molecule has 1 aliphatic rings. The molecule has 24 heavy (non-hydrogen) atoms. The fraction of sp³-hybridized carbons (Fsp3) is 0.524. The van der Waals surface area contributed by atoms with Gasteiger partial charge >= 0.3 is 0 Å². The molecule has 0 N–H and O–H groups in total. The summed E-state index contributed by atoms with van der Waals surface area (Å²) in [6, 6.07) is 13.6. The molecule has 0 saturated carbocycles. The predicted molar refractivity (Wildman–Crippen MR) is 99.1 cm³/mol. The third-order valence-electron chi connectivity index (χ3n) is 5.17. The SMILES string of the molecule is CCC(c1ccccc1)N1CCC(c2ccnc(C(C)C)n2)CC1. The van der Waals surface area contributed by atoms with Gasteiger partial charge in [0.25, 0.3) is 0 Å². The maximum Gasteiger partial charge on any atom is 0.131 e. The van der Waals surface area contributed by atoms with Gasteiger partial charge in [0, 0.05) is 29.8 Å². The minimum absolute atomic E-state index is 0.396. The molecule has 0 radical (unpaired) electrons. The molecule has 1 aromatic carbocycles. The highest BCUT2D eigenvalue weighted by Crippen LogP contribution is 2.33. The van der Waals surface area contributed by atoms with Gasteiger partial charge in [-0.3, -0.25) is 4.90 Å². The van der Waals surface area contributed by atoms with E-state index in [1.165, 1.54) is 30.5 Å². The van der Waals surface area contributed by atoms with Crippen LogP contribution in [-0.4, -0.2) is 28.0 Å². The number of benzene rings is 1. The van der Waals surface area contributed by atoms with Gasteiger partial charge in [0.15, 0.2) is 0 Å². The summed E-state index contributed by atoms with van der Waals surface area (Å²) in [4.78, 5) is 11.9. The van der Waals surface area contributed by atoms with Crippen molar-refractivity contribution >= 4 is 0 Å². The number of nitrogens with zero attached hydrogens (tertiary/aromatic N) is 3. The van der Waals surface area contributed by atoms with Crippen LogP contribution < -0.4 is 0 Å². The van der Waals surface area contributed by atoms with Crippen LogP contribution in [0.25, 0.3) is 0 Å². The number of hydrogen-bond acceptors (Lipinski definition) is 3. The Kier molecular flexibility index (Phi) is 5.62. The fourth-order valence-electron chi connectivity index (χ4n) is 3.78. The summed E-state index contributed by atoms with van der Waals surface area (Å²) >= 11 is 0. The van der Waals surface area contributed by atoms with E-state index in [0.717, 1.165) is 18.9 Å². The molecule has 1 saturated heterocycles. The van der Waals surface area contributed by atoms with Gasteiger partial charge in [0.05, 0.1) is 0 Å². The quantitative estimate of drug-likeness (QED) is 0.781. The zero-order valence-corrected chi connectivity index (χ0v) is 15.2. The summed E-state index contributed by atoms with van der Waals surface area (Å²) in [5.41, 5.74) is 2.68. The minimum atomic E-state index is 0.396. The van der Waals surface area contributed by atoms with Crippen molar-refractivity contribution in [2.45, 2.75) is 57.9 Å². The molecule has 0 bridgehead atoms. The van der Waals surface area contributed by atoms with E-state index < -0.39 is 0 Å². The van der Waals surface area contributed by atoms with Crippen molar-refractivity contribution in [3.8, 4) is 0 Å². The monoisotopic (exact) mass is 323 g/mol. The summed E-state index contributed by atoms with van der Waals surface area (Å²) in [5.74, 6) is 1.95. The molecule has 3 heteroatoms. The van der Waals surface area contributed by atoms with Gasteiger partial charge in [0.1, 0.15) is 5.82 Å². The Bertz CT molecular complexity index is 631. The summed E-state index contributed by atoms with van der Waals surface area (Å²) in [7, 11) is 0. The maximum absolute atomic E-state index is 4.81. The molecule has 1 fully saturated rings. The van der Waals surface area contributed by atoms with Crippen molar-refractivity contribution < 1.29 is 0 Å². The lowest BCUT2D eigenvalue weighted by Gasteiger charge is -2.37. The number of hydrogen-bond donors (Lipinski definition) is 0. The van der Waals surface area contributed by atoms with E-state index in [-0.39, 0.29) is 0 Å². The highest BCUT2D eigenvalue weighted by molar-refractivity contribution is 5.19. The van der Waals surface area contributed by atoms with Gasteiger partial charge in [-0.25, -0.2) is 9.97 Å². The first-order valence-corrected chi connectivity index (χ1v) is 9.30. The summed E-state index contributed by atoms with van der Waals surface area (Å²) in [5, 5.41) is 0. The Morgan fingerprint density at radius 1 is 1.08 bits per heavy atom. The van der Waals surface area contributed by atoms with E-state index in [2.05, 4.69) is 67.1 Å². The van der Waals surface area contributed by atoms with Crippen molar-refractivity contribution in [2.24, 2.45) is 0 Å². The van der Waals surface area contributed by atoms with Gasteiger partial charge in [-0.05, 0) is 44.0 Å². The fourth-order valence-corrected chi connectivity index (χ4v) is 3.78. The third kappa shape index (κ3) is 3.84. The van der Waals surface area contributed by atoms with Crippen LogP contribution in [0.3, 0.4) is 0 Å². The van der Waals surface area contributed by atoms with E-state index in [4.69, 9.17) is 4.98 Å². The molecule has 128 valence electrons. The molecular weight excluding hydrogens is 294 g/mol.